The molecule has 24 heavy (non-hydrogen) atoms. The van der Waals surface area contributed by atoms with Gasteiger partial charge in [-0.15, -0.1) is 0 Å². The fourth-order valence-corrected chi connectivity index (χ4v) is 2.15. The minimum absolute atomic E-state index is 0.0907. The van der Waals surface area contributed by atoms with Crippen LogP contribution >= 0.6 is 0 Å². The highest BCUT2D eigenvalue weighted by Gasteiger charge is 2.11. The Morgan fingerprint density at radius 2 is 2.17 bits per heavy atom. The highest BCUT2D eigenvalue weighted by atomic mass is 16.5. The van der Waals surface area contributed by atoms with Gasteiger partial charge in [0.05, 0.1) is 6.20 Å². The fraction of sp³-hybridized carbons (Fsp3) is 0.412. The first-order valence-corrected chi connectivity index (χ1v) is 7.91. The van der Waals surface area contributed by atoms with Crippen LogP contribution in [0.5, 0.6) is 5.75 Å². The summed E-state index contributed by atoms with van der Waals surface area (Å²) in [4.78, 5) is 11.9. The van der Waals surface area contributed by atoms with E-state index in [1.165, 1.54) is 0 Å². The lowest BCUT2D eigenvalue weighted by atomic mass is 10.2. The molecule has 7 nitrogen and oxygen atoms in total. The Labute approximate surface area is 141 Å². The molecular weight excluding hydrogens is 308 g/mol. The summed E-state index contributed by atoms with van der Waals surface area (Å²) in [6, 6.07) is 9.04. The maximum atomic E-state index is 11.9. The maximum Gasteiger partial charge on any atom is 0.320 e. The van der Waals surface area contributed by atoms with Crippen molar-refractivity contribution in [3.8, 4) is 5.75 Å². The highest BCUT2D eigenvalue weighted by Crippen LogP contribution is 2.13. The van der Waals surface area contributed by atoms with E-state index in [-0.39, 0.29) is 19.2 Å². The highest BCUT2D eigenvalue weighted by molar-refractivity contribution is 5.88. The Balaban J connectivity index is 1.74. The molecule has 0 saturated carbocycles. The predicted molar refractivity (Wildman–Crippen MR) is 92.3 cm³/mol. The normalized spacial score (nSPS) is 12.0. The number of ether oxygens (including phenoxy) is 1. The largest absolute Gasteiger partial charge is 0.491 e. The number of aromatic nitrogens is 2. The van der Waals surface area contributed by atoms with Crippen LogP contribution in [0.2, 0.25) is 0 Å². The van der Waals surface area contributed by atoms with Gasteiger partial charge in [-0.25, -0.2) is 9.48 Å². The van der Waals surface area contributed by atoms with E-state index >= 15 is 0 Å². The number of hydrogen-bond donors (Lipinski definition) is 3. The second kappa shape index (κ2) is 8.35. The molecule has 0 radical (unpaired) electrons. The van der Waals surface area contributed by atoms with Crippen molar-refractivity contribution in [2.45, 2.75) is 32.9 Å². The molecule has 0 aliphatic heterocycles. The van der Waals surface area contributed by atoms with Crippen molar-refractivity contribution in [3.05, 3.63) is 42.1 Å². The van der Waals surface area contributed by atoms with Crippen molar-refractivity contribution >= 4 is 11.8 Å². The van der Waals surface area contributed by atoms with Gasteiger partial charge in [0.15, 0.2) is 0 Å². The van der Waals surface area contributed by atoms with Crippen molar-refractivity contribution in [2.75, 3.05) is 18.5 Å². The average Bonchev–Trinajstić information content (AvgIpc) is 2.99. The van der Waals surface area contributed by atoms with Gasteiger partial charge in [0.2, 0.25) is 0 Å². The van der Waals surface area contributed by atoms with E-state index in [0.717, 1.165) is 5.56 Å². The van der Waals surface area contributed by atoms with E-state index in [1.54, 1.807) is 16.9 Å². The van der Waals surface area contributed by atoms with Gasteiger partial charge in [-0.1, -0.05) is 12.1 Å². The van der Waals surface area contributed by atoms with Crippen LogP contribution in [-0.4, -0.2) is 40.2 Å². The van der Waals surface area contributed by atoms with Crippen molar-refractivity contribution in [1.82, 2.24) is 15.1 Å². The molecule has 0 aliphatic rings. The van der Waals surface area contributed by atoms with Crippen LogP contribution < -0.4 is 15.4 Å². The lowest BCUT2D eigenvalue weighted by Gasteiger charge is -2.15. The van der Waals surface area contributed by atoms with E-state index < -0.39 is 12.1 Å². The summed E-state index contributed by atoms with van der Waals surface area (Å²) in [5.74, 6) is 1.30. The first-order chi connectivity index (χ1) is 11.5. The number of urea groups is 1. The Morgan fingerprint density at radius 1 is 1.38 bits per heavy atom. The molecule has 2 amide bonds. The van der Waals surface area contributed by atoms with E-state index in [9.17, 15) is 9.90 Å². The van der Waals surface area contributed by atoms with Gasteiger partial charge in [0.25, 0.3) is 0 Å². The average molecular weight is 332 g/mol. The lowest BCUT2D eigenvalue weighted by molar-refractivity contribution is 0.108. The molecule has 0 spiro atoms. The molecule has 1 atom stereocenters. The number of carbonyl (C=O) groups excluding carboxylic acids is 1. The van der Waals surface area contributed by atoms with Gasteiger partial charge < -0.3 is 15.2 Å². The number of nitrogens with zero attached hydrogens (tertiary/aromatic N) is 2. The minimum Gasteiger partial charge on any atom is -0.491 e. The molecule has 0 aliphatic carbocycles. The zero-order chi connectivity index (χ0) is 17.5. The molecule has 0 bridgehead atoms. The number of nitrogens with one attached hydrogen (secondary N) is 2. The summed E-state index contributed by atoms with van der Waals surface area (Å²) in [6.45, 7) is 6.11. The van der Waals surface area contributed by atoms with Crippen molar-refractivity contribution in [2.24, 2.45) is 0 Å². The van der Waals surface area contributed by atoms with E-state index in [1.807, 2.05) is 45.0 Å². The molecule has 1 heterocycles. The molecule has 1 aromatic heterocycles. The number of hydrogen-bond acceptors (Lipinski definition) is 4. The number of amides is 2. The molecule has 2 aromatic rings. The zero-order valence-corrected chi connectivity index (χ0v) is 14.2. The molecule has 130 valence electrons. The summed E-state index contributed by atoms with van der Waals surface area (Å²) < 4.78 is 7.21. The first kappa shape index (κ1) is 17.8. The Hall–Kier alpha value is -2.54. The third-order valence-corrected chi connectivity index (χ3v) is 3.33. The van der Waals surface area contributed by atoms with Gasteiger partial charge in [0, 0.05) is 18.7 Å². The molecule has 7 heteroatoms. The van der Waals surface area contributed by atoms with Crippen molar-refractivity contribution in [1.29, 1.82) is 0 Å². The first-order valence-electron chi connectivity index (χ1n) is 7.91. The lowest BCUT2D eigenvalue weighted by Crippen LogP contribution is -2.38. The number of benzene rings is 1. The van der Waals surface area contributed by atoms with E-state index in [2.05, 4.69) is 15.7 Å². The molecule has 3 N–H and O–H groups in total. The van der Waals surface area contributed by atoms with Gasteiger partial charge in [-0.2, -0.15) is 5.10 Å². The van der Waals surface area contributed by atoms with Crippen LogP contribution in [0.15, 0.2) is 36.5 Å². The van der Waals surface area contributed by atoms with Crippen molar-refractivity contribution < 1.29 is 14.6 Å². The molecule has 0 saturated heterocycles. The predicted octanol–water partition coefficient (Wildman–Crippen LogP) is 2.33. The minimum atomic E-state index is -0.800. The Kier molecular flexibility index (Phi) is 6.20. The number of aryl methyl sites for hydroxylation is 1. The topological polar surface area (TPSA) is 88.4 Å². The quantitative estimate of drug-likeness (QED) is 0.726. The van der Waals surface area contributed by atoms with Gasteiger partial charge in [0.1, 0.15) is 24.3 Å². The summed E-state index contributed by atoms with van der Waals surface area (Å²) in [5, 5.41) is 19.4. The van der Waals surface area contributed by atoms with Crippen LogP contribution in [0.1, 0.15) is 25.5 Å². The smallest absolute Gasteiger partial charge is 0.320 e. The van der Waals surface area contributed by atoms with Crippen LogP contribution in [0.4, 0.5) is 10.6 Å². The number of rotatable bonds is 7. The second-order valence-corrected chi connectivity index (χ2v) is 5.87. The van der Waals surface area contributed by atoms with Crippen molar-refractivity contribution in [3.63, 3.8) is 0 Å². The second-order valence-electron chi connectivity index (χ2n) is 5.87. The summed E-state index contributed by atoms with van der Waals surface area (Å²) in [7, 11) is 0. The monoisotopic (exact) mass is 332 g/mol. The fourth-order valence-electron chi connectivity index (χ4n) is 2.15. The molecule has 1 aromatic carbocycles. The summed E-state index contributed by atoms with van der Waals surface area (Å²) in [5.41, 5.74) is 1.08. The SMILES string of the molecule is Cc1cccc(OCC(O)CNC(=O)Nc2ccnn2C(C)C)c1. The molecular formula is C17H24N4O3. The van der Waals surface area contributed by atoms with Gasteiger partial charge in [-0.05, 0) is 38.5 Å². The maximum absolute atomic E-state index is 11.9. The van der Waals surface area contributed by atoms with E-state index in [4.69, 9.17) is 4.74 Å². The standard InChI is InChI=1S/C17H24N4O3/c1-12(2)21-16(7-8-19-21)20-17(23)18-10-14(22)11-24-15-6-4-5-13(3)9-15/h4-9,12,14,22H,10-11H2,1-3H3,(H2,18,20,23). The van der Waals surface area contributed by atoms with Gasteiger partial charge in [-0.3, -0.25) is 5.32 Å². The Bertz CT molecular complexity index is 669. The summed E-state index contributed by atoms with van der Waals surface area (Å²) in [6.07, 6.45) is 0.825. The third kappa shape index (κ3) is 5.27. The van der Waals surface area contributed by atoms with E-state index in [0.29, 0.717) is 11.6 Å². The van der Waals surface area contributed by atoms with Crippen LogP contribution in [0.3, 0.4) is 0 Å². The van der Waals surface area contributed by atoms with Gasteiger partial charge >= 0.3 is 6.03 Å². The number of anilines is 1. The number of carbonyl (C=O) groups is 1. The molecule has 1 unspecified atom stereocenters. The number of aliphatic hydroxyl groups is 1. The molecule has 0 fully saturated rings. The number of aliphatic hydroxyl groups excluding tert-OH is 1. The summed E-state index contributed by atoms with van der Waals surface area (Å²) >= 11 is 0. The van der Waals surface area contributed by atoms with Crippen LogP contribution in [-0.2, 0) is 0 Å². The van der Waals surface area contributed by atoms with Crippen LogP contribution in [0, 0.1) is 6.92 Å². The Morgan fingerprint density at radius 3 is 2.88 bits per heavy atom. The zero-order valence-electron chi connectivity index (χ0n) is 14.2. The molecule has 2 rings (SSSR count). The third-order valence-electron chi connectivity index (χ3n) is 3.33. The van der Waals surface area contributed by atoms with Crippen LogP contribution in [0.25, 0.3) is 0 Å².